The number of hydrogen-bond acceptors (Lipinski definition) is 9. The molecule has 11 nitrogen and oxygen atoms in total. The Bertz CT molecular complexity index is 960. The van der Waals surface area contributed by atoms with Gasteiger partial charge in [0, 0.05) is 48.1 Å². The average molecular weight is 389 g/mol. The number of anilines is 1. The number of ether oxygens (including phenoxy) is 3. The van der Waals surface area contributed by atoms with E-state index in [2.05, 4.69) is 5.32 Å². The molecule has 1 aliphatic rings. The fourth-order valence-electron chi connectivity index (χ4n) is 2.75. The number of nitrogens with zero attached hydrogens (tertiary/aromatic N) is 2. The van der Waals surface area contributed by atoms with Crippen molar-refractivity contribution in [1.82, 2.24) is 0 Å². The Hall–Kier alpha value is -3.73. The SMILES string of the molecule is CNc1ccc([N+](=O)[O-])cc1C(=O)OCc1cc([N+](=O)[O-])cc2c1OCOC2. The number of rotatable bonds is 6. The standard InChI is InChI=1S/C17H15N3O8/c1-18-15-3-2-12(19(22)23)6-14(15)17(21)27-8-11-5-13(20(24)25)4-10-7-26-9-28-16(10)11/h2-6,18H,7-9H2,1H3. The van der Waals surface area contributed by atoms with Gasteiger partial charge < -0.3 is 19.5 Å². The van der Waals surface area contributed by atoms with Crippen molar-refractivity contribution in [3.8, 4) is 5.75 Å². The maximum atomic E-state index is 12.5. The Labute approximate surface area is 158 Å². The zero-order valence-corrected chi connectivity index (χ0v) is 14.7. The highest BCUT2D eigenvalue weighted by Gasteiger charge is 2.23. The summed E-state index contributed by atoms with van der Waals surface area (Å²) >= 11 is 0. The maximum absolute atomic E-state index is 12.5. The summed E-state index contributed by atoms with van der Waals surface area (Å²) in [7, 11) is 1.56. The zero-order valence-electron chi connectivity index (χ0n) is 14.7. The molecule has 28 heavy (non-hydrogen) atoms. The summed E-state index contributed by atoms with van der Waals surface area (Å²) in [6.45, 7) is -0.206. The number of esters is 1. The summed E-state index contributed by atoms with van der Waals surface area (Å²) in [6.07, 6.45) is 0. The lowest BCUT2D eigenvalue weighted by molar-refractivity contribution is -0.385. The van der Waals surface area contributed by atoms with Gasteiger partial charge in [0.15, 0.2) is 6.79 Å². The highest BCUT2D eigenvalue weighted by molar-refractivity contribution is 5.96. The second-order valence-electron chi connectivity index (χ2n) is 5.77. The van der Waals surface area contributed by atoms with Crippen molar-refractivity contribution in [3.05, 3.63) is 67.3 Å². The van der Waals surface area contributed by atoms with Crippen LogP contribution >= 0.6 is 0 Å². The molecule has 146 valence electrons. The predicted octanol–water partition coefficient (Wildman–Crippen LogP) is 2.77. The summed E-state index contributed by atoms with van der Waals surface area (Å²) in [6, 6.07) is 6.34. The number of hydrogen-bond donors (Lipinski definition) is 1. The van der Waals surface area contributed by atoms with Gasteiger partial charge in [-0.2, -0.15) is 0 Å². The first-order valence-electron chi connectivity index (χ1n) is 8.04. The van der Waals surface area contributed by atoms with Gasteiger partial charge in [-0.25, -0.2) is 4.79 Å². The third-order valence-electron chi connectivity index (χ3n) is 4.04. The Morgan fingerprint density at radius 2 is 1.93 bits per heavy atom. The summed E-state index contributed by atoms with van der Waals surface area (Å²) in [5, 5.41) is 24.8. The number of nitro benzene ring substituents is 2. The molecule has 3 rings (SSSR count). The molecular formula is C17H15N3O8. The molecule has 1 N–H and O–H groups in total. The topological polar surface area (TPSA) is 143 Å². The van der Waals surface area contributed by atoms with Crippen LogP contribution in [0.15, 0.2) is 30.3 Å². The number of non-ortho nitro benzene ring substituents is 2. The van der Waals surface area contributed by atoms with Gasteiger partial charge in [0.25, 0.3) is 11.4 Å². The first-order chi connectivity index (χ1) is 13.4. The second-order valence-corrected chi connectivity index (χ2v) is 5.77. The lowest BCUT2D eigenvalue weighted by atomic mass is 10.1. The fraction of sp³-hybridized carbons (Fsp3) is 0.235. The van der Waals surface area contributed by atoms with Gasteiger partial charge in [-0.1, -0.05) is 0 Å². The van der Waals surface area contributed by atoms with E-state index < -0.39 is 15.8 Å². The highest BCUT2D eigenvalue weighted by Crippen LogP contribution is 2.33. The Balaban J connectivity index is 1.87. The van der Waals surface area contributed by atoms with Crippen molar-refractivity contribution in [1.29, 1.82) is 0 Å². The summed E-state index contributed by atoms with van der Waals surface area (Å²) in [5.41, 5.74) is 0.640. The molecule has 1 heterocycles. The molecule has 0 amide bonds. The van der Waals surface area contributed by atoms with Crippen LogP contribution < -0.4 is 10.1 Å². The quantitative estimate of drug-likeness (QED) is 0.448. The number of carbonyl (C=O) groups excluding carboxylic acids is 1. The molecule has 0 atom stereocenters. The van der Waals surface area contributed by atoms with E-state index in [1.54, 1.807) is 7.05 Å². The molecule has 2 aromatic carbocycles. The molecule has 0 bridgehead atoms. The number of nitrogens with one attached hydrogen (secondary N) is 1. The molecule has 0 fully saturated rings. The summed E-state index contributed by atoms with van der Waals surface area (Å²) in [5.74, 6) is -0.460. The van der Waals surface area contributed by atoms with E-state index >= 15 is 0 Å². The normalized spacial score (nSPS) is 12.5. The van der Waals surface area contributed by atoms with Crippen LogP contribution in [-0.2, 0) is 22.7 Å². The summed E-state index contributed by atoms with van der Waals surface area (Å²) < 4.78 is 15.8. The predicted molar refractivity (Wildman–Crippen MR) is 95.1 cm³/mol. The zero-order chi connectivity index (χ0) is 20.3. The first-order valence-corrected chi connectivity index (χ1v) is 8.04. The number of benzene rings is 2. The molecule has 2 aromatic rings. The first kappa shape index (κ1) is 19.0. The Morgan fingerprint density at radius 3 is 2.61 bits per heavy atom. The highest BCUT2D eigenvalue weighted by atomic mass is 16.7. The van der Waals surface area contributed by atoms with Crippen LogP contribution in [0.2, 0.25) is 0 Å². The van der Waals surface area contributed by atoms with E-state index in [0.29, 0.717) is 22.6 Å². The van der Waals surface area contributed by atoms with Crippen molar-refractivity contribution in [3.63, 3.8) is 0 Å². The number of carbonyl (C=O) groups is 1. The van der Waals surface area contributed by atoms with Crippen LogP contribution in [0.3, 0.4) is 0 Å². The van der Waals surface area contributed by atoms with Gasteiger partial charge in [-0.05, 0) is 6.07 Å². The minimum absolute atomic E-state index is 0.0272. The van der Waals surface area contributed by atoms with Crippen molar-refractivity contribution >= 4 is 23.0 Å². The molecular weight excluding hydrogens is 374 g/mol. The van der Waals surface area contributed by atoms with Crippen molar-refractivity contribution in [2.45, 2.75) is 13.2 Å². The second kappa shape index (κ2) is 7.88. The molecule has 0 aliphatic carbocycles. The molecule has 0 unspecified atom stereocenters. The van der Waals surface area contributed by atoms with Gasteiger partial charge in [-0.15, -0.1) is 0 Å². The van der Waals surface area contributed by atoms with E-state index in [9.17, 15) is 25.0 Å². The minimum atomic E-state index is -0.819. The van der Waals surface area contributed by atoms with Crippen LogP contribution in [0.25, 0.3) is 0 Å². The average Bonchev–Trinajstić information content (AvgIpc) is 2.70. The monoisotopic (exact) mass is 389 g/mol. The van der Waals surface area contributed by atoms with Gasteiger partial charge in [0.05, 0.1) is 22.0 Å². The molecule has 0 saturated carbocycles. The van der Waals surface area contributed by atoms with E-state index in [1.807, 2.05) is 0 Å². The van der Waals surface area contributed by atoms with Crippen LogP contribution in [0, 0.1) is 20.2 Å². The Morgan fingerprint density at radius 1 is 1.18 bits per heavy atom. The summed E-state index contributed by atoms with van der Waals surface area (Å²) in [4.78, 5) is 33.4. The van der Waals surface area contributed by atoms with Gasteiger partial charge >= 0.3 is 5.97 Å². The smallest absolute Gasteiger partial charge is 0.340 e. The molecule has 0 spiro atoms. The van der Waals surface area contributed by atoms with Gasteiger partial charge in [0.1, 0.15) is 12.4 Å². The van der Waals surface area contributed by atoms with Gasteiger partial charge in [-0.3, -0.25) is 20.2 Å². The van der Waals surface area contributed by atoms with Crippen LogP contribution in [0.5, 0.6) is 5.75 Å². The van der Waals surface area contributed by atoms with Crippen molar-refractivity contribution < 1.29 is 28.9 Å². The molecule has 0 saturated heterocycles. The molecule has 11 heteroatoms. The lowest BCUT2D eigenvalue weighted by Gasteiger charge is -2.20. The van der Waals surface area contributed by atoms with Crippen molar-refractivity contribution in [2.24, 2.45) is 0 Å². The van der Waals surface area contributed by atoms with E-state index in [0.717, 1.165) is 6.07 Å². The Kier molecular flexibility index (Phi) is 5.36. The largest absolute Gasteiger partial charge is 0.467 e. The van der Waals surface area contributed by atoms with Crippen molar-refractivity contribution in [2.75, 3.05) is 19.2 Å². The third kappa shape index (κ3) is 3.83. The van der Waals surface area contributed by atoms with Gasteiger partial charge in [0.2, 0.25) is 0 Å². The van der Waals surface area contributed by atoms with Crippen LogP contribution in [-0.4, -0.2) is 29.7 Å². The molecule has 1 aliphatic heterocycles. The van der Waals surface area contributed by atoms with E-state index in [-0.39, 0.29) is 36.9 Å². The minimum Gasteiger partial charge on any atom is -0.467 e. The van der Waals surface area contributed by atoms with E-state index in [1.165, 1.54) is 24.3 Å². The van der Waals surface area contributed by atoms with E-state index in [4.69, 9.17) is 14.2 Å². The lowest BCUT2D eigenvalue weighted by Crippen LogP contribution is -2.15. The van der Waals surface area contributed by atoms with Crippen LogP contribution in [0.4, 0.5) is 17.1 Å². The fourth-order valence-corrected chi connectivity index (χ4v) is 2.75. The molecule has 0 radical (unpaired) electrons. The maximum Gasteiger partial charge on any atom is 0.340 e. The van der Waals surface area contributed by atoms with Crippen LogP contribution in [0.1, 0.15) is 21.5 Å². The number of nitro groups is 2. The number of fused-ring (bicyclic) bond motifs is 1. The third-order valence-corrected chi connectivity index (χ3v) is 4.04. The molecule has 0 aromatic heterocycles.